The minimum atomic E-state index is 0.0170. The molecule has 4 rings (SSSR count). The first-order valence-corrected chi connectivity index (χ1v) is 7.36. The molecule has 0 aliphatic carbocycles. The van der Waals surface area contributed by atoms with Crippen LogP contribution in [-0.4, -0.2) is 4.57 Å². The fraction of sp³-hybridized carbons (Fsp3) is 0.0588. The molecule has 0 saturated carbocycles. The van der Waals surface area contributed by atoms with Gasteiger partial charge in [0.25, 0.3) is 5.56 Å². The third-order valence-electron chi connectivity index (χ3n) is 3.85. The molecule has 21 heavy (non-hydrogen) atoms. The van der Waals surface area contributed by atoms with Crippen molar-refractivity contribution in [3.05, 3.63) is 58.4 Å². The van der Waals surface area contributed by atoms with Crippen LogP contribution < -0.4 is 5.56 Å². The number of hydrogen-bond acceptors (Lipinski definition) is 3. The summed E-state index contributed by atoms with van der Waals surface area (Å²) in [4.78, 5) is 12.6. The predicted molar refractivity (Wildman–Crippen MR) is 86.8 cm³/mol. The molecule has 0 saturated heterocycles. The molecular formula is C17H10N2OS. The van der Waals surface area contributed by atoms with Gasteiger partial charge in [-0.3, -0.25) is 4.79 Å². The fourth-order valence-corrected chi connectivity index (χ4v) is 4.02. The van der Waals surface area contributed by atoms with Crippen molar-refractivity contribution in [2.24, 2.45) is 7.05 Å². The highest BCUT2D eigenvalue weighted by Crippen LogP contribution is 2.36. The lowest BCUT2D eigenvalue weighted by molar-refractivity contribution is 0.920. The van der Waals surface area contributed by atoms with Crippen LogP contribution in [0.1, 0.15) is 5.56 Å². The van der Waals surface area contributed by atoms with Crippen LogP contribution in [0.3, 0.4) is 0 Å². The second kappa shape index (κ2) is 4.18. The normalized spacial score (nSPS) is 11.2. The Morgan fingerprint density at radius 2 is 1.95 bits per heavy atom. The van der Waals surface area contributed by atoms with Crippen molar-refractivity contribution in [1.29, 1.82) is 5.26 Å². The van der Waals surface area contributed by atoms with Gasteiger partial charge in [0.15, 0.2) is 0 Å². The number of thiophene rings is 1. The lowest BCUT2D eigenvalue weighted by Crippen LogP contribution is -2.16. The SMILES string of the molecule is Cn1c(=O)c2sc3ccccc3c2c2cc(C#N)ccc21. The number of aryl methyl sites for hydroxylation is 1. The van der Waals surface area contributed by atoms with Crippen molar-refractivity contribution in [1.82, 2.24) is 4.57 Å². The van der Waals surface area contributed by atoms with Gasteiger partial charge < -0.3 is 4.57 Å². The molecule has 0 spiro atoms. The van der Waals surface area contributed by atoms with Crippen molar-refractivity contribution < 1.29 is 0 Å². The Kier molecular flexibility index (Phi) is 2.41. The number of nitrogens with zero attached hydrogens (tertiary/aromatic N) is 2. The summed E-state index contributed by atoms with van der Waals surface area (Å²) in [5, 5.41) is 12.1. The van der Waals surface area contributed by atoms with Crippen molar-refractivity contribution in [3.63, 3.8) is 0 Å². The quantitative estimate of drug-likeness (QED) is 0.495. The lowest BCUT2D eigenvalue weighted by atomic mass is 10.1. The van der Waals surface area contributed by atoms with E-state index in [0.717, 1.165) is 31.1 Å². The topological polar surface area (TPSA) is 45.8 Å². The van der Waals surface area contributed by atoms with Crippen molar-refractivity contribution in [2.75, 3.05) is 0 Å². The molecule has 2 aromatic heterocycles. The number of rotatable bonds is 0. The zero-order chi connectivity index (χ0) is 14.6. The average Bonchev–Trinajstić information content (AvgIpc) is 2.91. The number of pyridine rings is 1. The number of aromatic nitrogens is 1. The minimum Gasteiger partial charge on any atom is -0.310 e. The Labute approximate surface area is 124 Å². The maximum absolute atomic E-state index is 12.6. The van der Waals surface area contributed by atoms with Gasteiger partial charge in [0, 0.05) is 27.9 Å². The number of nitriles is 1. The molecule has 3 nitrogen and oxygen atoms in total. The Balaban J connectivity index is 2.41. The minimum absolute atomic E-state index is 0.0170. The standard InChI is InChI=1S/C17H10N2OS/c1-19-13-7-6-10(9-18)8-12(13)15-11-4-2-3-5-14(11)21-16(15)17(19)20/h2-8H,1H3. The van der Waals surface area contributed by atoms with E-state index in [9.17, 15) is 4.79 Å². The molecule has 0 aliphatic rings. The van der Waals surface area contributed by atoms with E-state index in [0.29, 0.717) is 5.56 Å². The molecule has 0 fully saturated rings. The van der Waals surface area contributed by atoms with Crippen molar-refractivity contribution in [3.8, 4) is 6.07 Å². The number of hydrogen-bond donors (Lipinski definition) is 0. The van der Waals surface area contributed by atoms with Crippen molar-refractivity contribution >= 4 is 42.4 Å². The largest absolute Gasteiger partial charge is 0.310 e. The van der Waals surface area contributed by atoms with Gasteiger partial charge in [0.2, 0.25) is 0 Å². The first kappa shape index (κ1) is 12.1. The number of benzene rings is 2. The van der Waals surface area contributed by atoms with E-state index in [1.807, 2.05) is 36.4 Å². The predicted octanol–water partition coefficient (Wildman–Crippen LogP) is 3.78. The summed E-state index contributed by atoms with van der Waals surface area (Å²) in [6.07, 6.45) is 0. The monoisotopic (exact) mass is 290 g/mol. The van der Waals surface area contributed by atoms with E-state index >= 15 is 0 Å². The van der Waals surface area contributed by atoms with E-state index in [2.05, 4.69) is 6.07 Å². The van der Waals surface area contributed by atoms with Crippen LogP contribution >= 0.6 is 11.3 Å². The van der Waals surface area contributed by atoms with Gasteiger partial charge >= 0.3 is 0 Å². The summed E-state index contributed by atoms with van der Waals surface area (Å²) in [5.74, 6) is 0. The highest BCUT2D eigenvalue weighted by molar-refractivity contribution is 7.26. The van der Waals surface area contributed by atoms with E-state index in [1.165, 1.54) is 11.3 Å². The van der Waals surface area contributed by atoms with Crippen LogP contribution in [0.2, 0.25) is 0 Å². The zero-order valence-corrected chi connectivity index (χ0v) is 12.1. The van der Waals surface area contributed by atoms with Crippen LogP contribution in [0.4, 0.5) is 0 Å². The highest BCUT2D eigenvalue weighted by Gasteiger charge is 2.14. The smallest absolute Gasteiger partial charge is 0.268 e. The Hall–Kier alpha value is -2.64. The maximum atomic E-state index is 12.6. The second-order valence-corrected chi connectivity index (χ2v) is 6.06. The molecule has 4 heteroatoms. The van der Waals surface area contributed by atoms with Crippen molar-refractivity contribution in [2.45, 2.75) is 0 Å². The van der Waals surface area contributed by atoms with Crippen LogP contribution in [0.15, 0.2) is 47.3 Å². The van der Waals surface area contributed by atoms with Crippen LogP contribution in [0.25, 0.3) is 31.1 Å². The Morgan fingerprint density at radius 1 is 1.14 bits per heavy atom. The van der Waals surface area contributed by atoms with Gasteiger partial charge in [-0.05, 0) is 24.3 Å². The Morgan fingerprint density at radius 3 is 2.76 bits per heavy atom. The van der Waals surface area contributed by atoms with Crippen LogP contribution in [0.5, 0.6) is 0 Å². The van der Waals surface area contributed by atoms with E-state index in [-0.39, 0.29) is 5.56 Å². The molecule has 100 valence electrons. The molecule has 0 bridgehead atoms. The van der Waals surface area contributed by atoms with Gasteiger partial charge in [0.05, 0.1) is 17.1 Å². The number of fused-ring (bicyclic) bond motifs is 5. The van der Waals surface area contributed by atoms with Gasteiger partial charge in [0.1, 0.15) is 4.70 Å². The van der Waals surface area contributed by atoms with Gasteiger partial charge in [-0.15, -0.1) is 11.3 Å². The Bertz CT molecular complexity index is 1130. The van der Waals surface area contributed by atoms with Gasteiger partial charge in [-0.2, -0.15) is 5.26 Å². The summed E-state index contributed by atoms with van der Waals surface area (Å²) in [5.41, 5.74) is 1.48. The molecule has 0 atom stereocenters. The summed E-state index contributed by atoms with van der Waals surface area (Å²) in [6, 6.07) is 15.7. The van der Waals surface area contributed by atoms with Gasteiger partial charge in [-0.25, -0.2) is 0 Å². The molecule has 0 radical (unpaired) electrons. The molecule has 2 heterocycles. The molecule has 2 aromatic carbocycles. The molecule has 0 amide bonds. The molecule has 0 N–H and O–H groups in total. The van der Waals surface area contributed by atoms with Gasteiger partial charge in [-0.1, -0.05) is 18.2 Å². The average molecular weight is 290 g/mol. The molecular weight excluding hydrogens is 280 g/mol. The summed E-state index contributed by atoms with van der Waals surface area (Å²) in [7, 11) is 1.78. The summed E-state index contributed by atoms with van der Waals surface area (Å²) in [6.45, 7) is 0. The molecule has 0 aliphatic heterocycles. The van der Waals surface area contributed by atoms with E-state index < -0.39 is 0 Å². The molecule has 0 unspecified atom stereocenters. The first-order chi connectivity index (χ1) is 10.2. The fourth-order valence-electron chi connectivity index (χ4n) is 2.82. The first-order valence-electron chi connectivity index (χ1n) is 6.55. The van der Waals surface area contributed by atoms with E-state index in [1.54, 1.807) is 17.7 Å². The second-order valence-electron chi connectivity index (χ2n) is 5.01. The van der Waals surface area contributed by atoms with Crippen LogP contribution in [0, 0.1) is 11.3 Å². The third-order valence-corrected chi connectivity index (χ3v) is 5.01. The molecule has 4 aromatic rings. The third kappa shape index (κ3) is 1.55. The summed E-state index contributed by atoms with van der Waals surface area (Å²) < 4.78 is 3.51. The summed E-state index contributed by atoms with van der Waals surface area (Å²) >= 11 is 1.51. The zero-order valence-electron chi connectivity index (χ0n) is 11.3. The lowest BCUT2D eigenvalue weighted by Gasteiger charge is -2.07. The maximum Gasteiger partial charge on any atom is 0.268 e. The van der Waals surface area contributed by atoms with E-state index in [4.69, 9.17) is 5.26 Å². The highest BCUT2D eigenvalue weighted by atomic mass is 32.1. The van der Waals surface area contributed by atoms with Crippen LogP contribution in [-0.2, 0) is 7.05 Å².